The molecule has 1 N–H and O–H groups in total. The average molecular weight is 264 g/mol. The molecule has 0 fully saturated rings. The highest BCUT2D eigenvalue weighted by Crippen LogP contribution is 2.30. The van der Waals surface area contributed by atoms with Crippen molar-refractivity contribution in [1.82, 2.24) is 9.97 Å². The summed E-state index contributed by atoms with van der Waals surface area (Å²) in [6.07, 6.45) is 3.23. The molecule has 2 aromatic rings. The molecule has 0 radical (unpaired) electrons. The van der Waals surface area contributed by atoms with Gasteiger partial charge >= 0.3 is 5.69 Å². The number of pyridine rings is 1. The van der Waals surface area contributed by atoms with Crippen molar-refractivity contribution in [3.05, 3.63) is 45.0 Å². The molecule has 0 amide bonds. The third-order valence-corrected chi connectivity index (χ3v) is 3.48. The van der Waals surface area contributed by atoms with E-state index in [2.05, 4.69) is 15.3 Å². The second kappa shape index (κ2) is 4.69. The number of hydrogen-bond donors (Lipinski definition) is 1. The summed E-state index contributed by atoms with van der Waals surface area (Å²) < 4.78 is 0. The van der Waals surface area contributed by atoms with Gasteiger partial charge in [-0.15, -0.1) is 11.3 Å². The van der Waals surface area contributed by atoms with Crippen LogP contribution in [0.1, 0.15) is 18.9 Å². The molecular formula is C11H12N4O2S. The zero-order chi connectivity index (χ0) is 13.2. The van der Waals surface area contributed by atoms with Crippen molar-refractivity contribution in [2.75, 3.05) is 5.32 Å². The molecule has 7 heteroatoms. The molecule has 2 rings (SSSR count). The Hall–Kier alpha value is -2.02. The monoisotopic (exact) mass is 264 g/mol. The van der Waals surface area contributed by atoms with Crippen molar-refractivity contribution < 1.29 is 4.92 Å². The fraction of sp³-hybridized carbons (Fsp3) is 0.273. The topological polar surface area (TPSA) is 81.0 Å². The van der Waals surface area contributed by atoms with Crippen LogP contribution in [-0.2, 0) is 5.54 Å². The summed E-state index contributed by atoms with van der Waals surface area (Å²) >= 11 is 1.49. The Bertz CT molecular complexity index is 554. The van der Waals surface area contributed by atoms with Crippen LogP contribution in [0.5, 0.6) is 0 Å². The molecule has 0 bridgehead atoms. The van der Waals surface area contributed by atoms with E-state index < -0.39 is 10.5 Å². The highest BCUT2D eigenvalue weighted by Gasteiger charge is 2.27. The molecule has 6 nitrogen and oxygen atoms in total. The fourth-order valence-corrected chi connectivity index (χ4v) is 2.24. The number of rotatable bonds is 4. The molecular weight excluding hydrogens is 252 g/mol. The van der Waals surface area contributed by atoms with Gasteiger partial charge in [-0.2, -0.15) is 0 Å². The average Bonchev–Trinajstić information content (AvgIpc) is 2.83. The quantitative estimate of drug-likeness (QED) is 0.678. The summed E-state index contributed by atoms with van der Waals surface area (Å²) in [6.45, 7) is 3.81. The Balaban J connectivity index is 2.32. The van der Waals surface area contributed by atoms with Gasteiger partial charge in [0, 0.05) is 23.8 Å². The van der Waals surface area contributed by atoms with Crippen molar-refractivity contribution in [3.63, 3.8) is 0 Å². The van der Waals surface area contributed by atoms with E-state index >= 15 is 0 Å². The van der Waals surface area contributed by atoms with E-state index in [1.54, 1.807) is 12.3 Å². The van der Waals surface area contributed by atoms with Gasteiger partial charge in [0.05, 0.1) is 10.5 Å². The van der Waals surface area contributed by atoms with E-state index in [4.69, 9.17) is 0 Å². The van der Waals surface area contributed by atoms with Crippen molar-refractivity contribution in [2.24, 2.45) is 0 Å². The van der Waals surface area contributed by atoms with Crippen LogP contribution in [0.3, 0.4) is 0 Å². The number of nitro groups is 1. The first kappa shape index (κ1) is 12.4. The maximum Gasteiger partial charge on any atom is 0.311 e. The summed E-state index contributed by atoms with van der Waals surface area (Å²) in [4.78, 5) is 18.7. The van der Waals surface area contributed by atoms with Crippen molar-refractivity contribution in [2.45, 2.75) is 19.4 Å². The SMILES string of the molecule is CC(C)(Nc1ncccc1[N+](=O)[O-])c1nccs1. The van der Waals surface area contributed by atoms with Crippen LogP contribution < -0.4 is 5.32 Å². The first-order valence-corrected chi connectivity index (χ1v) is 6.16. The minimum atomic E-state index is -0.507. The van der Waals surface area contributed by atoms with Crippen LogP contribution in [0.25, 0.3) is 0 Å². The van der Waals surface area contributed by atoms with Gasteiger partial charge in [0.25, 0.3) is 0 Å². The molecule has 94 valence electrons. The number of nitrogens with one attached hydrogen (secondary N) is 1. The van der Waals surface area contributed by atoms with Gasteiger partial charge in [0.15, 0.2) is 0 Å². The van der Waals surface area contributed by atoms with Gasteiger partial charge in [-0.05, 0) is 19.9 Å². The predicted molar refractivity (Wildman–Crippen MR) is 69.7 cm³/mol. The van der Waals surface area contributed by atoms with E-state index in [0.29, 0.717) is 0 Å². The lowest BCUT2D eigenvalue weighted by Crippen LogP contribution is -2.28. The summed E-state index contributed by atoms with van der Waals surface area (Å²) in [5.41, 5.74) is -0.546. The van der Waals surface area contributed by atoms with E-state index in [0.717, 1.165) is 5.01 Å². The summed E-state index contributed by atoms with van der Waals surface area (Å²) in [7, 11) is 0. The number of aromatic nitrogens is 2. The van der Waals surface area contributed by atoms with Crippen molar-refractivity contribution in [3.8, 4) is 0 Å². The fourth-order valence-electron chi connectivity index (χ4n) is 1.52. The number of anilines is 1. The molecule has 0 unspecified atom stereocenters. The predicted octanol–water partition coefficient (Wildman–Crippen LogP) is 2.79. The minimum Gasteiger partial charge on any atom is -0.353 e. The van der Waals surface area contributed by atoms with Crippen molar-refractivity contribution >= 4 is 22.8 Å². The smallest absolute Gasteiger partial charge is 0.311 e. The molecule has 0 saturated carbocycles. The van der Waals surface area contributed by atoms with Crippen LogP contribution in [0.2, 0.25) is 0 Å². The van der Waals surface area contributed by atoms with Gasteiger partial charge in [0.2, 0.25) is 5.82 Å². The normalized spacial score (nSPS) is 11.2. The molecule has 0 spiro atoms. The highest BCUT2D eigenvalue weighted by molar-refractivity contribution is 7.09. The third-order valence-electron chi connectivity index (χ3n) is 2.38. The van der Waals surface area contributed by atoms with E-state index in [1.807, 2.05) is 19.2 Å². The largest absolute Gasteiger partial charge is 0.353 e. The first-order chi connectivity index (χ1) is 8.50. The van der Waals surface area contributed by atoms with Crippen LogP contribution in [-0.4, -0.2) is 14.9 Å². The van der Waals surface area contributed by atoms with Gasteiger partial charge in [0.1, 0.15) is 5.01 Å². The molecule has 18 heavy (non-hydrogen) atoms. The molecule has 0 aromatic carbocycles. The summed E-state index contributed by atoms with van der Waals surface area (Å²) in [5, 5.41) is 16.7. The molecule has 0 atom stereocenters. The molecule has 0 aliphatic rings. The molecule has 0 aliphatic carbocycles. The second-order valence-corrected chi connectivity index (χ2v) is 5.11. The maximum atomic E-state index is 10.9. The van der Waals surface area contributed by atoms with E-state index in [-0.39, 0.29) is 11.5 Å². The van der Waals surface area contributed by atoms with Gasteiger partial charge in [-0.25, -0.2) is 9.97 Å². The van der Waals surface area contributed by atoms with Crippen LogP contribution in [0, 0.1) is 10.1 Å². The van der Waals surface area contributed by atoms with Crippen LogP contribution in [0.4, 0.5) is 11.5 Å². The molecule has 0 aliphatic heterocycles. The minimum absolute atomic E-state index is 0.0397. The molecule has 2 aromatic heterocycles. The number of thiazole rings is 1. The van der Waals surface area contributed by atoms with E-state index in [9.17, 15) is 10.1 Å². The Morgan fingerprint density at radius 3 is 2.78 bits per heavy atom. The Morgan fingerprint density at radius 1 is 1.39 bits per heavy atom. The molecule has 2 heterocycles. The Kier molecular flexibility index (Phi) is 3.24. The Labute approximate surface area is 108 Å². The lowest BCUT2D eigenvalue weighted by molar-refractivity contribution is -0.384. The first-order valence-electron chi connectivity index (χ1n) is 5.28. The van der Waals surface area contributed by atoms with Gasteiger partial charge < -0.3 is 5.32 Å². The number of nitrogens with zero attached hydrogens (tertiary/aromatic N) is 3. The highest BCUT2D eigenvalue weighted by atomic mass is 32.1. The van der Waals surface area contributed by atoms with Crippen molar-refractivity contribution in [1.29, 1.82) is 0 Å². The lowest BCUT2D eigenvalue weighted by Gasteiger charge is -2.24. The van der Waals surface area contributed by atoms with Gasteiger partial charge in [-0.1, -0.05) is 0 Å². The zero-order valence-electron chi connectivity index (χ0n) is 9.95. The zero-order valence-corrected chi connectivity index (χ0v) is 10.8. The Morgan fingerprint density at radius 2 is 2.17 bits per heavy atom. The van der Waals surface area contributed by atoms with Gasteiger partial charge in [-0.3, -0.25) is 10.1 Å². The number of hydrogen-bond acceptors (Lipinski definition) is 6. The van der Waals surface area contributed by atoms with E-state index in [1.165, 1.54) is 23.6 Å². The second-order valence-electron chi connectivity index (χ2n) is 4.22. The summed E-state index contributed by atoms with van der Waals surface area (Å²) in [6, 6.07) is 2.97. The molecule has 0 saturated heterocycles. The van der Waals surface area contributed by atoms with Crippen LogP contribution >= 0.6 is 11.3 Å². The summed E-state index contributed by atoms with van der Waals surface area (Å²) in [5.74, 6) is 0.253. The third kappa shape index (κ3) is 2.45. The van der Waals surface area contributed by atoms with Crippen LogP contribution in [0.15, 0.2) is 29.9 Å². The standard InChI is InChI=1S/C11H12N4O2S/c1-11(2,10-13-6-7-18-10)14-9-8(15(16)17)4-3-5-12-9/h3-7H,1-2H3,(H,12,14). The maximum absolute atomic E-state index is 10.9. The lowest BCUT2D eigenvalue weighted by atomic mass is 10.1.